The Morgan fingerprint density at radius 2 is 2.22 bits per heavy atom. The first kappa shape index (κ1) is 17.4. The van der Waals surface area contributed by atoms with E-state index in [1.54, 1.807) is 27.2 Å². The van der Waals surface area contributed by atoms with Crippen LogP contribution in [0.3, 0.4) is 0 Å². The minimum atomic E-state index is -0.101. The molecular weight excluding hydrogens is 312 g/mol. The predicted octanol–water partition coefficient (Wildman–Crippen LogP) is 2.40. The second-order valence-corrected chi connectivity index (χ2v) is 6.78. The Bertz CT molecular complexity index is 638. The van der Waals surface area contributed by atoms with Crippen molar-refractivity contribution in [3.05, 3.63) is 28.2 Å². The van der Waals surface area contributed by atoms with E-state index < -0.39 is 0 Å². The van der Waals surface area contributed by atoms with Crippen LogP contribution < -0.4 is 5.32 Å². The van der Waals surface area contributed by atoms with Crippen molar-refractivity contribution < 1.29 is 4.79 Å². The molecular formula is C15H24N6OS. The third kappa shape index (κ3) is 4.28. The minimum absolute atomic E-state index is 0.00799. The van der Waals surface area contributed by atoms with E-state index in [4.69, 9.17) is 0 Å². The highest BCUT2D eigenvalue weighted by atomic mass is 32.1. The molecule has 7 nitrogen and oxygen atoms in total. The number of aryl methyl sites for hydroxylation is 2. The lowest BCUT2D eigenvalue weighted by molar-refractivity contribution is 0.190. The molecule has 0 bridgehead atoms. The molecule has 2 amide bonds. The first-order valence-electron chi connectivity index (χ1n) is 7.74. The van der Waals surface area contributed by atoms with Crippen molar-refractivity contribution in [2.45, 2.75) is 52.7 Å². The summed E-state index contributed by atoms with van der Waals surface area (Å²) in [6, 6.07) is -0.144. The first-order chi connectivity index (χ1) is 10.9. The fraction of sp³-hybridized carbons (Fsp3) is 0.600. The first-order valence-corrected chi connectivity index (χ1v) is 8.56. The van der Waals surface area contributed by atoms with Crippen molar-refractivity contribution in [2.75, 3.05) is 7.05 Å². The quantitative estimate of drug-likeness (QED) is 0.879. The van der Waals surface area contributed by atoms with Gasteiger partial charge >= 0.3 is 6.03 Å². The molecule has 0 aliphatic carbocycles. The number of hydrogen-bond donors (Lipinski definition) is 1. The molecule has 8 heteroatoms. The van der Waals surface area contributed by atoms with Crippen LogP contribution in [-0.2, 0) is 13.0 Å². The molecule has 0 aliphatic rings. The molecule has 0 aromatic carbocycles. The Kier molecular flexibility index (Phi) is 5.70. The van der Waals surface area contributed by atoms with E-state index in [1.165, 1.54) is 6.33 Å². The average Bonchev–Trinajstić information content (AvgIpc) is 3.14. The van der Waals surface area contributed by atoms with Gasteiger partial charge in [-0.15, -0.1) is 11.3 Å². The smallest absolute Gasteiger partial charge is 0.317 e. The molecule has 2 aromatic rings. The zero-order valence-electron chi connectivity index (χ0n) is 14.3. The number of nitrogens with zero attached hydrogens (tertiary/aromatic N) is 5. The van der Waals surface area contributed by atoms with Crippen LogP contribution in [0.5, 0.6) is 0 Å². The molecule has 0 spiro atoms. The SMILES string of the molecule is CCc1nc(C)c(C(C)N(C)C(=O)NC(C)Cn2cncn2)s1. The summed E-state index contributed by atoms with van der Waals surface area (Å²) in [5.74, 6) is 0. The molecule has 2 unspecified atom stereocenters. The van der Waals surface area contributed by atoms with E-state index >= 15 is 0 Å². The highest BCUT2D eigenvalue weighted by Gasteiger charge is 2.22. The van der Waals surface area contributed by atoms with Crippen molar-refractivity contribution in [2.24, 2.45) is 0 Å². The topological polar surface area (TPSA) is 75.9 Å². The normalized spacial score (nSPS) is 13.6. The minimum Gasteiger partial charge on any atom is -0.334 e. The van der Waals surface area contributed by atoms with Gasteiger partial charge < -0.3 is 10.2 Å². The van der Waals surface area contributed by atoms with Crippen molar-refractivity contribution in [3.63, 3.8) is 0 Å². The van der Waals surface area contributed by atoms with Crippen molar-refractivity contribution in [3.8, 4) is 0 Å². The van der Waals surface area contributed by atoms with Crippen LogP contribution in [0.25, 0.3) is 0 Å². The van der Waals surface area contributed by atoms with Crippen LogP contribution in [0.1, 0.15) is 42.4 Å². The maximum absolute atomic E-state index is 12.4. The molecule has 0 aliphatic heterocycles. The lowest BCUT2D eigenvalue weighted by Gasteiger charge is -2.26. The number of thiazole rings is 1. The Morgan fingerprint density at radius 3 is 2.78 bits per heavy atom. The lowest BCUT2D eigenvalue weighted by atomic mass is 10.2. The Hall–Kier alpha value is -1.96. The van der Waals surface area contributed by atoms with Gasteiger partial charge in [-0.3, -0.25) is 4.68 Å². The largest absolute Gasteiger partial charge is 0.334 e. The Balaban J connectivity index is 1.96. The molecule has 23 heavy (non-hydrogen) atoms. The predicted molar refractivity (Wildman–Crippen MR) is 90.4 cm³/mol. The Morgan fingerprint density at radius 1 is 1.48 bits per heavy atom. The van der Waals surface area contributed by atoms with Gasteiger partial charge in [-0.25, -0.2) is 14.8 Å². The van der Waals surface area contributed by atoms with E-state index in [0.717, 1.165) is 22.0 Å². The second-order valence-electron chi connectivity index (χ2n) is 5.67. The zero-order valence-corrected chi connectivity index (χ0v) is 15.1. The van der Waals surface area contributed by atoms with Gasteiger partial charge in [0.05, 0.1) is 23.3 Å². The third-order valence-corrected chi connectivity index (χ3v) is 5.23. The summed E-state index contributed by atoms with van der Waals surface area (Å²) in [6.07, 6.45) is 4.05. The number of carbonyl (C=O) groups excluding carboxylic acids is 1. The van der Waals surface area contributed by atoms with Gasteiger partial charge in [0.25, 0.3) is 0 Å². The van der Waals surface area contributed by atoms with Crippen molar-refractivity contribution in [1.29, 1.82) is 0 Å². The summed E-state index contributed by atoms with van der Waals surface area (Å²) >= 11 is 1.68. The number of urea groups is 1. The highest BCUT2D eigenvalue weighted by Crippen LogP contribution is 2.28. The molecule has 0 fully saturated rings. The molecule has 2 aromatic heterocycles. The summed E-state index contributed by atoms with van der Waals surface area (Å²) in [4.78, 5) is 23.7. The number of aromatic nitrogens is 4. The summed E-state index contributed by atoms with van der Waals surface area (Å²) < 4.78 is 1.70. The van der Waals surface area contributed by atoms with Crippen LogP contribution in [0.15, 0.2) is 12.7 Å². The van der Waals surface area contributed by atoms with Crippen LogP contribution >= 0.6 is 11.3 Å². The number of carbonyl (C=O) groups is 1. The summed E-state index contributed by atoms with van der Waals surface area (Å²) in [7, 11) is 1.81. The van der Waals surface area contributed by atoms with Crippen molar-refractivity contribution >= 4 is 17.4 Å². The fourth-order valence-electron chi connectivity index (χ4n) is 2.32. The standard InChI is InChI=1S/C15H24N6OS/c1-6-13-19-11(3)14(23-13)12(4)20(5)15(22)18-10(2)7-21-9-16-8-17-21/h8-10,12H,6-7H2,1-5H3,(H,18,22). The molecule has 0 radical (unpaired) electrons. The summed E-state index contributed by atoms with van der Waals surface area (Å²) in [6.45, 7) is 8.66. The molecule has 0 saturated carbocycles. The van der Waals surface area contributed by atoms with Gasteiger partial charge in [-0.05, 0) is 27.2 Å². The summed E-state index contributed by atoms with van der Waals surface area (Å²) in [5, 5.41) is 8.15. The van der Waals surface area contributed by atoms with Crippen LogP contribution in [0.4, 0.5) is 4.79 Å². The van der Waals surface area contributed by atoms with E-state index in [1.807, 2.05) is 27.8 Å². The fourth-order valence-corrected chi connectivity index (χ4v) is 3.42. The molecule has 2 heterocycles. The molecule has 2 rings (SSSR count). The van der Waals surface area contributed by atoms with E-state index in [2.05, 4.69) is 27.3 Å². The van der Waals surface area contributed by atoms with Crippen LogP contribution in [0.2, 0.25) is 0 Å². The number of hydrogen-bond acceptors (Lipinski definition) is 5. The highest BCUT2D eigenvalue weighted by molar-refractivity contribution is 7.11. The van der Waals surface area contributed by atoms with E-state index in [9.17, 15) is 4.79 Å². The van der Waals surface area contributed by atoms with Gasteiger partial charge in [0, 0.05) is 18.0 Å². The number of nitrogens with one attached hydrogen (secondary N) is 1. The molecule has 126 valence electrons. The maximum atomic E-state index is 12.4. The van der Waals surface area contributed by atoms with Gasteiger partial charge in [-0.2, -0.15) is 5.10 Å². The van der Waals surface area contributed by atoms with E-state index in [-0.39, 0.29) is 18.1 Å². The molecule has 1 N–H and O–H groups in total. The van der Waals surface area contributed by atoms with Crippen LogP contribution in [-0.4, -0.2) is 43.8 Å². The van der Waals surface area contributed by atoms with Crippen molar-refractivity contribution in [1.82, 2.24) is 30.0 Å². The van der Waals surface area contributed by atoms with E-state index in [0.29, 0.717) is 6.54 Å². The summed E-state index contributed by atoms with van der Waals surface area (Å²) in [5.41, 5.74) is 1.01. The monoisotopic (exact) mass is 336 g/mol. The zero-order chi connectivity index (χ0) is 17.0. The lowest BCUT2D eigenvalue weighted by Crippen LogP contribution is -2.44. The Labute approximate surface area is 140 Å². The second kappa shape index (κ2) is 7.54. The van der Waals surface area contributed by atoms with Gasteiger partial charge in [0.2, 0.25) is 0 Å². The van der Waals surface area contributed by atoms with Crippen LogP contribution in [0, 0.1) is 6.92 Å². The molecule has 2 atom stereocenters. The molecule has 0 saturated heterocycles. The van der Waals surface area contributed by atoms with Gasteiger partial charge in [-0.1, -0.05) is 6.92 Å². The average molecular weight is 336 g/mol. The maximum Gasteiger partial charge on any atom is 0.317 e. The number of rotatable bonds is 6. The van der Waals surface area contributed by atoms with Gasteiger partial charge in [0.1, 0.15) is 12.7 Å². The van der Waals surface area contributed by atoms with Gasteiger partial charge in [0.15, 0.2) is 0 Å². The third-order valence-electron chi connectivity index (χ3n) is 3.76. The number of amides is 2.